The zero-order chi connectivity index (χ0) is 23.2. The van der Waals surface area contributed by atoms with Crippen molar-refractivity contribution in [1.82, 2.24) is 15.0 Å². The van der Waals surface area contributed by atoms with Gasteiger partial charge in [0.05, 0.1) is 10.6 Å². The van der Waals surface area contributed by atoms with Crippen LogP contribution in [0.3, 0.4) is 0 Å². The Bertz CT molecular complexity index is 1470. The number of nitrogens with two attached hydrogens (primary N) is 1. The number of carbonyl (C=O) groups is 1. The molecule has 0 spiro atoms. The summed E-state index contributed by atoms with van der Waals surface area (Å²) in [4.78, 5) is 26.9. The fraction of sp³-hybridized carbons (Fsp3) is 0.217. The van der Waals surface area contributed by atoms with E-state index in [2.05, 4.69) is 27.7 Å². The van der Waals surface area contributed by atoms with Crippen LogP contribution in [0.2, 0.25) is 0 Å². The minimum absolute atomic E-state index is 0.000669. The van der Waals surface area contributed by atoms with Gasteiger partial charge >= 0.3 is 0 Å². The third kappa shape index (κ3) is 4.07. The summed E-state index contributed by atoms with van der Waals surface area (Å²) in [6.45, 7) is 2.23. The van der Waals surface area contributed by atoms with Gasteiger partial charge < -0.3 is 5.73 Å². The molecule has 0 bridgehead atoms. The van der Waals surface area contributed by atoms with Gasteiger partial charge in [-0.3, -0.25) is 4.79 Å². The molecule has 10 heteroatoms. The largest absolute Gasteiger partial charge is 0.397 e. The molecule has 0 aliphatic heterocycles. The summed E-state index contributed by atoms with van der Waals surface area (Å²) in [5, 5.41) is 0.808. The van der Waals surface area contributed by atoms with Crippen LogP contribution in [-0.4, -0.2) is 29.2 Å². The average Bonchev–Trinajstić information content (AvgIpc) is 3.13. The van der Waals surface area contributed by atoms with Crippen molar-refractivity contribution in [1.29, 1.82) is 0 Å². The molecule has 1 atom stereocenters. The first kappa shape index (κ1) is 21.5. The molecular formula is C23H21N5O3S2. The van der Waals surface area contributed by atoms with Crippen molar-refractivity contribution in [2.45, 2.75) is 31.1 Å². The van der Waals surface area contributed by atoms with E-state index in [1.165, 1.54) is 53.6 Å². The van der Waals surface area contributed by atoms with E-state index >= 15 is 0 Å². The van der Waals surface area contributed by atoms with E-state index in [1.54, 1.807) is 6.07 Å². The number of carbonyl (C=O) groups excluding carboxylic acids is 1. The van der Waals surface area contributed by atoms with Crippen molar-refractivity contribution in [2.24, 2.45) is 5.92 Å². The SMILES string of the molecule is CC1CCc2nc3sc(C(=O)c4ccc(S(=O)(=O)Nc5ncccn5)cc4)c(N)c3cc2C1. The first-order valence-corrected chi connectivity index (χ1v) is 12.8. The molecule has 168 valence electrons. The standard InChI is InChI=1S/C23H21N5O3S2/c1-13-3-8-18-15(11-13)12-17-19(24)21(32-22(17)27-18)20(29)14-4-6-16(7-5-14)33(30,31)28-23-25-9-2-10-26-23/h2,4-7,9-10,12-13H,3,8,11,24H2,1H3,(H,25,26,28). The van der Waals surface area contributed by atoms with Crippen molar-refractivity contribution in [2.75, 3.05) is 10.5 Å². The maximum absolute atomic E-state index is 13.2. The van der Waals surface area contributed by atoms with Gasteiger partial charge in [-0.1, -0.05) is 6.92 Å². The molecule has 1 aliphatic carbocycles. The molecule has 0 fully saturated rings. The highest BCUT2D eigenvalue weighted by Crippen LogP contribution is 2.37. The Balaban J connectivity index is 1.43. The number of fused-ring (bicyclic) bond motifs is 2. The van der Waals surface area contributed by atoms with E-state index in [9.17, 15) is 13.2 Å². The zero-order valence-corrected chi connectivity index (χ0v) is 19.4. The topological polar surface area (TPSA) is 128 Å². The molecule has 1 unspecified atom stereocenters. The van der Waals surface area contributed by atoms with Crippen LogP contribution in [-0.2, 0) is 22.9 Å². The highest BCUT2D eigenvalue weighted by Gasteiger charge is 2.23. The second-order valence-corrected chi connectivity index (χ2v) is 10.9. The van der Waals surface area contributed by atoms with Gasteiger partial charge in [0.15, 0.2) is 0 Å². The number of sulfonamides is 1. The van der Waals surface area contributed by atoms with Gasteiger partial charge in [0.1, 0.15) is 9.71 Å². The third-order valence-electron chi connectivity index (χ3n) is 5.76. The number of rotatable bonds is 5. The minimum atomic E-state index is -3.88. The molecule has 1 aromatic carbocycles. The molecule has 1 aliphatic rings. The summed E-state index contributed by atoms with van der Waals surface area (Å²) >= 11 is 1.28. The summed E-state index contributed by atoms with van der Waals surface area (Å²) in [5.41, 5.74) is 9.42. The molecule has 0 amide bonds. The van der Waals surface area contributed by atoms with Crippen LogP contribution < -0.4 is 10.5 Å². The number of nitrogen functional groups attached to an aromatic ring is 1. The number of benzene rings is 1. The Hall–Kier alpha value is -3.37. The summed E-state index contributed by atoms with van der Waals surface area (Å²) in [5.74, 6) is 0.320. The van der Waals surface area contributed by atoms with Gasteiger partial charge in [0, 0.05) is 29.0 Å². The molecular weight excluding hydrogens is 458 g/mol. The van der Waals surface area contributed by atoms with E-state index < -0.39 is 10.0 Å². The Labute approximate surface area is 195 Å². The Morgan fingerprint density at radius 1 is 1.18 bits per heavy atom. The number of ketones is 1. The fourth-order valence-corrected chi connectivity index (χ4v) is 6.01. The van der Waals surface area contributed by atoms with Gasteiger partial charge in [-0.05, 0) is 67.1 Å². The number of anilines is 2. The second kappa shape index (κ2) is 8.20. The lowest BCUT2D eigenvalue weighted by Gasteiger charge is -2.20. The van der Waals surface area contributed by atoms with Crippen LogP contribution in [0.15, 0.2) is 53.7 Å². The van der Waals surface area contributed by atoms with Crippen LogP contribution >= 0.6 is 11.3 Å². The van der Waals surface area contributed by atoms with Gasteiger partial charge in [-0.25, -0.2) is 28.1 Å². The monoisotopic (exact) mass is 479 g/mol. The van der Waals surface area contributed by atoms with Crippen LogP contribution in [0, 0.1) is 5.92 Å². The Morgan fingerprint density at radius 3 is 2.64 bits per heavy atom. The predicted octanol–water partition coefficient (Wildman–Crippen LogP) is 3.83. The Morgan fingerprint density at radius 2 is 1.91 bits per heavy atom. The fourth-order valence-electron chi connectivity index (χ4n) is 3.99. The molecule has 3 aromatic heterocycles. The van der Waals surface area contributed by atoms with E-state index in [1.807, 2.05) is 0 Å². The lowest BCUT2D eigenvalue weighted by molar-refractivity contribution is 0.104. The summed E-state index contributed by atoms with van der Waals surface area (Å²) in [7, 11) is -3.88. The normalized spacial score (nSPS) is 15.8. The summed E-state index contributed by atoms with van der Waals surface area (Å²) in [6.07, 6.45) is 5.89. The predicted molar refractivity (Wildman–Crippen MR) is 128 cm³/mol. The molecule has 4 aromatic rings. The molecule has 33 heavy (non-hydrogen) atoms. The van der Waals surface area contributed by atoms with Crippen LogP contribution in [0.4, 0.5) is 11.6 Å². The maximum Gasteiger partial charge on any atom is 0.264 e. The number of aromatic nitrogens is 3. The first-order valence-electron chi connectivity index (χ1n) is 10.5. The number of aryl methyl sites for hydroxylation is 1. The Kier molecular flexibility index (Phi) is 5.34. The molecule has 0 saturated carbocycles. The van der Waals surface area contributed by atoms with Crippen molar-refractivity contribution in [3.63, 3.8) is 0 Å². The van der Waals surface area contributed by atoms with Gasteiger partial charge in [-0.15, -0.1) is 11.3 Å². The van der Waals surface area contributed by atoms with Crippen molar-refractivity contribution in [3.05, 3.63) is 70.5 Å². The van der Waals surface area contributed by atoms with Gasteiger partial charge in [0.2, 0.25) is 11.7 Å². The summed E-state index contributed by atoms with van der Waals surface area (Å²) < 4.78 is 27.5. The second-order valence-electron chi connectivity index (χ2n) is 8.17. The lowest BCUT2D eigenvalue weighted by atomic mass is 9.87. The van der Waals surface area contributed by atoms with Gasteiger partial charge in [-0.2, -0.15) is 0 Å². The highest BCUT2D eigenvalue weighted by atomic mass is 32.2. The third-order valence-corrected chi connectivity index (χ3v) is 8.21. The number of pyridine rings is 1. The molecule has 3 heterocycles. The quantitative estimate of drug-likeness (QED) is 0.416. The van der Waals surface area contributed by atoms with Crippen LogP contribution in [0.25, 0.3) is 10.2 Å². The lowest BCUT2D eigenvalue weighted by Crippen LogP contribution is -2.15. The van der Waals surface area contributed by atoms with Crippen molar-refractivity contribution >= 4 is 49.0 Å². The zero-order valence-electron chi connectivity index (χ0n) is 17.8. The molecule has 3 N–H and O–H groups in total. The molecule has 0 saturated heterocycles. The number of hydrogen-bond donors (Lipinski definition) is 2. The molecule has 8 nitrogen and oxygen atoms in total. The minimum Gasteiger partial charge on any atom is -0.397 e. The maximum atomic E-state index is 13.2. The van der Waals surface area contributed by atoms with Gasteiger partial charge in [0.25, 0.3) is 10.0 Å². The van der Waals surface area contributed by atoms with E-state index in [0.29, 0.717) is 22.0 Å². The molecule has 5 rings (SSSR count). The first-order chi connectivity index (χ1) is 15.8. The van der Waals surface area contributed by atoms with Crippen molar-refractivity contribution < 1.29 is 13.2 Å². The number of nitrogens with one attached hydrogen (secondary N) is 1. The summed E-state index contributed by atoms with van der Waals surface area (Å²) in [6, 6.07) is 9.37. The van der Waals surface area contributed by atoms with Crippen LogP contribution in [0.5, 0.6) is 0 Å². The highest BCUT2D eigenvalue weighted by molar-refractivity contribution is 7.92. The number of hydrogen-bond acceptors (Lipinski definition) is 8. The van der Waals surface area contributed by atoms with E-state index in [-0.39, 0.29) is 16.6 Å². The van der Waals surface area contributed by atoms with Crippen LogP contribution in [0.1, 0.15) is 39.8 Å². The smallest absolute Gasteiger partial charge is 0.264 e. The van der Waals surface area contributed by atoms with Crippen molar-refractivity contribution in [3.8, 4) is 0 Å². The average molecular weight is 480 g/mol. The number of thiophene rings is 1. The molecule has 0 radical (unpaired) electrons. The van der Waals surface area contributed by atoms with E-state index in [0.717, 1.165) is 35.2 Å². The van der Waals surface area contributed by atoms with E-state index in [4.69, 9.17) is 10.7 Å². The number of nitrogens with zero attached hydrogens (tertiary/aromatic N) is 3.